The molecule has 2 aromatic heterocycles. The Morgan fingerprint density at radius 3 is 2.68 bits per heavy atom. The molecule has 1 amide bonds. The number of likely N-dealkylation sites (N-methyl/N-ethyl adjacent to an activating group) is 1. The van der Waals surface area contributed by atoms with Gasteiger partial charge in [-0.25, -0.2) is 9.97 Å². The minimum atomic E-state index is -0.134. The number of aromatic nitrogens is 3. The highest BCUT2D eigenvalue weighted by Gasteiger charge is 2.10. The van der Waals surface area contributed by atoms with Crippen LogP contribution in [0.1, 0.15) is 32.4 Å². The third-order valence-corrected chi connectivity index (χ3v) is 4.59. The lowest BCUT2D eigenvalue weighted by Crippen LogP contribution is -2.34. The Balaban J connectivity index is 1.56. The minimum Gasteiger partial charge on any atom is -0.340 e. The number of nitrogens with zero attached hydrogens (tertiary/aromatic N) is 4. The number of benzene rings is 1. The summed E-state index contributed by atoms with van der Waals surface area (Å²) in [4.78, 5) is 26.3. The van der Waals surface area contributed by atoms with E-state index in [1.54, 1.807) is 12.4 Å². The van der Waals surface area contributed by atoms with Gasteiger partial charge in [0.05, 0.1) is 23.6 Å². The fourth-order valence-electron chi connectivity index (χ4n) is 3.04. The number of amides is 1. The summed E-state index contributed by atoms with van der Waals surface area (Å²) in [7, 11) is 0. The lowest BCUT2D eigenvalue weighted by molar-refractivity contribution is -0.114. The Morgan fingerprint density at radius 1 is 1.18 bits per heavy atom. The zero-order chi connectivity index (χ0) is 19.9. The van der Waals surface area contributed by atoms with Gasteiger partial charge in [-0.05, 0) is 31.5 Å². The van der Waals surface area contributed by atoms with Crippen LogP contribution in [-0.2, 0) is 4.79 Å². The van der Waals surface area contributed by atoms with Gasteiger partial charge in [-0.15, -0.1) is 0 Å². The molecule has 2 heterocycles. The summed E-state index contributed by atoms with van der Waals surface area (Å²) >= 11 is 0. The number of nitrogens with one attached hydrogen (secondary N) is 2. The van der Waals surface area contributed by atoms with Gasteiger partial charge in [-0.2, -0.15) is 0 Å². The van der Waals surface area contributed by atoms with Crippen LogP contribution in [0.2, 0.25) is 0 Å². The highest BCUT2D eigenvalue weighted by atomic mass is 16.1. The third kappa shape index (κ3) is 5.01. The van der Waals surface area contributed by atoms with Crippen LogP contribution >= 0.6 is 0 Å². The molecule has 28 heavy (non-hydrogen) atoms. The number of hydrogen-bond donors (Lipinski definition) is 2. The molecule has 2 N–H and O–H groups in total. The second-order valence-corrected chi connectivity index (χ2v) is 6.66. The molecule has 0 saturated heterocycles. The van der Waals surface area contributed by atoms with Crippen LogP contribution in [0.4, 0.5) is 11.6 Å². The maximum atomic E-state index is 11.1. The Kier molecular flexibility index (Phi) is 6.49. The molecule has 3 aromatic rings. The van der Waals surface area contributed by atoms with Gasteiger partial charge in [0.15, 0.2) is 0 Å². The first-order valence-corrected chi connectivity index (χ1v) is 9.49. The standard InChI is InChI=1S/C21H26N6O/c1-4-27(21-24-13-19(14-25-21)26-16(3)28)11-10-22-15(2)18-8-7-17-6-5-9-23-20(17)12-18/h5-9,12-15,22H,4,10-11H2,1-3H3,(H,26,28). The molecule has 0 fully saturated rings. The summed E-state index contributed by atoms with van der Waals surface area (Å²) in [6, 6.07) is 10.6. The van der Waals surface area contributed by atoms with E-state index in [4.69, 9.17) is 0 Å². The topological polar surface area (TPSA) is 83.0 Å². The SMILES string of the molecule is CCN(CCNC(C)c1ccc2cccnc2c1)c1ncc(NC(C)=O)cn1. The monoisotopic (exact) mass is 378 g/mol. The fourth-order valence-corrected chi connectivity index (χ4v) is 3.04. The van der Waals surface area contributed by atoms with Gasteiger partial charge in [-0.1, -0.05) is 18.2 Å². The third-order valence-electron chi connectivity index (χ3n) is 4.59. The quantitative estimate of drug-likeness (QED) is 0.626. The van der Waals surface area contributed by atoms with Gasteiger partial charge >= 0.3 is 0 Å². The number of pyridine rings is 1. The average Bonchev–Trinajstić information content (AvgIpc) is 2.71. The van der Waals surface area contributed by atoms with Crippen LogP contribution in [-0.4, -0.2) is 40.5 Å². The molecule has 146 valence electrons. The number of rotatable bonds is 8. The van der Waals surface area contributed by atoms with E-state index >= 15 is 0 Å². The lowest BCUT2D eigenvalue weighted by Gasteiger charge is -2.22. The van der Waals surface area contributed by atoms with Gasteiger partial charge in [0.1, 0.15) is 0 Å². The van der Waals surface area contributed by atoms with Gasteiger partial charge < -0.3 is 15.5 Å². The molecular weight excluding hydrogens is 352 g/mol. The highest BCUT2D eigenvalue weighted by Crippen LogP contribution is 2.18. The molecule has 1 unspecified atom stereocenters. The molecule has 0 radical (unpaired) electrons. The first-order chi connectivity index (χ1) is 13.6. The molecule has 7 nitrogen and oxygen atoms in total. The molecule has 0 saturated carbocycles. The summed E-state index contributed by atoms with van der Waals surface area (Å²) in [5.41, 5.74) is 2.82. The van der Waals surface area contributed by atoms with Crippen molar-refractivity contribution in [1.82, 2.24) is 20.3 Å². The van der Waals surface area contributed by atoms with Crippen molar-refractivity contribution < 1.29 is 4.79 Å². The number of anilines is 2. The highest BCUT2D eigenvalue weighted by molar-refractivity contribution is 5.88. The van der Waals surface area contributed by atoms with Crippen molar-refractivity contribution in [2.24, 2.45) is 0 Å². The Morgan fingerprint density at radius 2 is 1.96 bits per heavy atom. The minimum absolute atomic E-state index is 0.134. The number of hydrogen-bond acceptors (Lipinski definition) is 6. The van der Waals surface area contributed by atoms with Crippen LogP contribution in [0.25, 0.3) is 10.9 Å². The molecule has 0 aliphatic heterocycles. The summed E-state index contributed by atoms with van der Waals surface area (Å²) in [5, 5.41) is 7.38. The van der Waals surface area contributed by atoms with Gasteiger partial charge in [0, 0.05) is 44.2 Å². The molecule has 7 heteroatoms. The zero-order valence-corrected chi connectivity index (χ0v) is 16.5. The van der Waals surface area contributed by atoms with Crippen LogP contribution in [0, 0.1) is 0 Å². The van der Waals surface area contributed by atoms with Gasteiger partial charge in [0.2, 0.25) is 11.9 Å². The molecule has 0 aliphatic rings. The summed E-state index contributed by atoms with van der Waals surface area (Å²) in [6.07, 6.45) is 5.08. The van der Waals surface area contributed by atoms with Crippen molar-refractivity contribution in [2.45, 2.75) is 26.8 Å². The van der Waals surface area contributed by atoms with E-state index in [1.807, 2.05) is 12.3 Å². The van der Waals surface area contributed by atoms with Crippen molar-refractivity contribution in [3.63, 3.8) is 0 Å². The first kappa shape index (κ1) is 19.7. The second kappa shape index (κ2) is 9.23. The van der Waals surface area contributed by atoms with E-state index in [9.17, 15) is 4.79 Å². The van der Waals surface area contributed by atoms with Crippen LogP contribution in [0.5, 0.6) is 0 Å². The van der Waals surface area contributed by atoms with E-state index in [0.29, 0.717) is 11.6 Å². The van der Waals surface area contributed by atoms with Crippen molar-refractivity contribution in [1.29, 1.82) is 0 Å². The molecule has 0 spiro atoms. The molecule has 3 rings (SSSR count). The molecule has 0 aliphatic carbocycles. The Bertz CT molecular complexity index is 928. The van der Waals surface area contributed by atoms with Crippen LogP contribution in [0.15, 0.2) is 48.9 Å². The first-order valence-electron chi connectivity index (χ1n) is 9.49. The van der Waals surface area contributed by atoms with Crippen molar-refractivity contribution in [3.8, 4) is 0 Å². The maximum absolute atomic E-state index is 11.1. The predicted molar refractivity (Wildman–Crippen MR) is 112 cm³/mol. The lowest BCUT2D eigenvalue weighted by atomic mass is 10.1. The summed E-state index contributed by atoms with van der Waals surface area (Å²) < 4.78 is 0. The fraction of sp³-hybridized carbons (Fsp3) is 0.333. The van der Waals surface area contributed by atoms with Crippen molar-refractivity contribution in [3.05, 3.63) is 54.5 Å². The molecular formula is C21H26N6O. The van der Waals surface area contributed by atoms with Gasteiger partial charge in [-0.3, -0.25) is 9.78 Å². The zero-order valence-electron chi connectivity index (χ0n) is 16.5. The number of carbonyl (C=O) groups excluding carboxylic acids is 1. The molecule has 1 aromatic carbocycles. The largest absolute Gasteiger partial charge is 0.340 e. The van der Waals surface area contributed by atoms with Crippen LogP contribution < -0.4 is 15.5 Å². The molecule has 0 bridgehead atoms. The Labute approximate surface area is 165 Å². The smallest absolute Gasteiger partial charge is 0.225 e. The average molecular weight is 378 g/mol. The van der Waals surface area contributed by atoms with Crippen molar-refractivity contribution in [2.75, 3.05) is 29.9 Å². The second-order valence-electron chi connectivity index (χ2n) is 6.66. The van der Waals surface area contributed by atoms with E-state index in [1.165, 1.54) is 12.5 Å². The predicted octanol–water partition coefficient (Wildman–Crippen LogP) is 3.16. The van der Waals surface area contributed by atoms with Crippen LogP contribution in [0.3, 0.4) is 0 Å². The number of carbonyl (C=O) groups is 1. The van der Waals surface area contributed by atoms with Crippen molar-refractivity contribution >= 4 is 28.4 Å². The summed E-state index contributed by atoms with van der Waals surface area (Å²) in [5.74, 6) is 0.520. The van der Waals surface area contributed by atoms with E-state index in [0.717, 1.165) is 30.5 Å². The summed E-state index contributed by atoms with van der Waals surface area (Å²) in [6.45, 7) is 8.07. The normalized spacial score (nSPS) is 12.0. The number of fused-ring (bicyclic) bond motifs is 1. The van der Waals surface area contributed by atoms with Gasteiger partial charge in [0.25, 0.3) is 0 Å². The Hall–Kier alpha value is -3.06. The van der Waals surface area contributed by atoms with E-state index < -0.39 is 0 Å². The molecule has 1 atom stereocenters. The maximum Gasteiger partial charge on any atom is 0.225 e. The van der Waals surface area contributed by atoms with E-state index in [2.05, 4.69) is 68.6 Å². The van der Waals surface area contributed by atoms with E-state index in [-0.39, 0.29) is 11.9 Å².